The third-order valence-corrected chi connectivity index (χ3v) is 8.74. The van der Waals surface area contributed by atoms with Crippen molar-refractivity contribution in [1.82, 2.24) is 19.9 Å². The molecule has 46 heavy (non-hydrogen) atoms. The van der Waals surface area contributed by atoms with Crippen LogP contribution in [0.5, 0.6) is 0 Å². The van der Waals surface area contributed by atoms with Gasteiger partial charge in [0.1, 0.15) is 0 Å². The zero-order chi connectivity index (χ0) is 30.5. The Morgan fingerprint density at radius 3 is 1.59 bits per heavy atom. The number of hydrogen-bond acceptors (Lipinski definition) is 4. The highest BCUT2D eigenvalue weighted by molar-refractivity contribution is 6.27. The molecule has 4 heteroatoms. The van der Waals surface area contributed by atoms with E-state index >= 15 is 0 Å². The van der Waals surface area contributed by atoms with Crippen LogP contribution in [0, 0.1) is 0 Å². The summed E-state index contributed by atoms with van der Waals surface area (Å²) in [6, 6.07) is 52.7. The predicted molar refractivity (Wildman–Crippen MR) is 189 cm³/mol. The molecule has 0 aliphatic rings. The Hall–Kier alpha value is -6.26. The first kappa shape index (κ1) is 26.2. The lowest BCUT2D eigenvalue weighted by molar-refractivity contribution is 1.07. The summed E-state index contributed by atoms with van der Waals surface area (Å²) in [5.41, 5.74) is 4.72. The fourth-order valence-electron chi connectivity index (χ4n) is 6.52. The van der Waals surface area contributed by atoms with Crippen LogP contribution in [0.3, 0.4) is 0 Å². The molecule has 0 aliphatic heterocycles. The van der Waals surface area contributed by atoms with E-state index in [0.717, 1.165) is 27.9 Å². The molecule has 214 valence electrons. The summed E-state index contributed by atoms with van der Waals surface area (Å²) in [7, 11) is 0. The van der Waals surface area contributed by atoms with Crippen LogP contribution in [-0.2, 0) is 0 Å². The van der Waals surface area contributed by atoms with Gasteiger partial charge in [-0.05, 0) is 61.3 Å². The SMILES string of the molecule is c1ccc(-c2nc(-c3ccccc3)nc(-c3ccc(-c4cc5ccccc5c5c4ccc4c6ccccc6ccc45)nc3)n2)cc1. The molecule has 4 nitrogen and oxygen atoms in total. The molecule has 0 amide bonds. The van der Waals surface area contributed by atoms with E-state index in [1.165, 1.54) is 43.1 Å². The number of rotatable bonds is 4. The zero-order valence-corrected chi connectivity index (χ0v) is 24.8. The minimum absolute atomic E-state index is 0.591. The average molecular weight is 587 g/mol. The van der Waals surface area contributed by atoms with Crippen molar-refractivity contribution in [2.24, 2.45) is 0 Å². The van der Waals surface area contributed by atoms with Crippen LogP contribution < -0.4 is 0 Å². The van der Waals surface area contributed by atoms with E-state index in [1.54, 1.807) is 0 Å². The van der Waals surface area contributed by atoms with Gasteiger partial charge in [0.05, 0.1) is 5.69 Å². The van der Waals surface area contributed by atoms with Crippen LogP contribution in [0.25, 0.3) is 88.5 Å². The van der Waals surface area contributed by atoms with Crippen molar-refractivity contribution in [3.8, 4) is 45.4 Å². The van der Waals surface area contributed by atoms with Gasteiger partial charge in [-0.3, -0.25) is 4.98 Å². The molecule has 0 bridgehead atoms. The van der Waals surface area contributed by atoms with Crippen molar-refractivity contribution in [1.29, 1.82) is 0 Å². The second-order valence-corrected chi connectivity index (χ2v) is 11.5. The van der Waals surface area contributed by atoms with Crippen LogP contribution in [0.4, 0.5) is 0 Å². The fourth-order valence-corrected chi connectivity index (χ4v) is 6.52. The molecule has 7 aromatic carbocycles. The Morgan fingerprint density at radius 1 is 0.348 bits per heavy atom. The summed E-state index contributed by atoms with van der Waals surface area (Å²) in [5, 5.41) is 9.88. The number of nitrogens with zero attached hydrogens (tertiary/aromatic N) is 4. The molecule has 0 saturated heterocycles. The molecule has 2 heterocycles. The first-order chi connectivity index (χ1) is 22.8. The smallest absolute Gasteiger partial charge is 0.165 e. The Bertz CT molecular complexity index is 2500. The van der Waals surface area contributed by atoms with Crippen LogP contribution in [0.2, 0.25) is 0 Å². The molecule has 0 fully saturated rings. The summed E-state index contributed by atoms with van der Waals surface area (Å²) in [4.78, 5) is 19.6. The zero-order valence-electron chi connectivity index (χ0n) is 24.8. The lowest BCUT2D eigenvalue weighted by Crippen LogP contribution is -2.00. The molecule has 2 aromatic heterocycles. The van der Waals surface area contributed by atoms with Crippen molar-refractivity contribution in [2.75, 3.05) is 0 Å². The number of hydrogen-bond donors (Lipinski definition) is 0. The lowest BCUT2D eigenvalue weighted by Gasteiger charge is -2.14. The van der Waals surface area contributed by atoms with Crippen molar-refractivity contribution >= 4 is 43.1 Å². The summed E-state index contributed by atoms with van der Waals surface area (Å²) < 4.78 is 0. The van der Waals surface area contributed by atoms with Gasteiger partial charge in [0, 0.05) is 28.5 Å². The molecule has 9 aromatic rings. The van der Waals surface area contributed by atoms with Crippen LogP contribution in [0.1, 0.15) is 0 Å². The Labute approximate surface area is 265 Å². The second kappa shape index (κ2) is 10.7. The van der Waals surface area contributed by atoms with Crippen molar-refractivity contribution in [2.45, 2.75) is 0 Å². The summed E-state index contributed by atoms with van der Waals surface area (Å²) in [6.07, 6.45) is 1.88. The number of pyridine rings is 1. The van der Waals surface area contributed by atoms with Crippen LogP contribution in [-0.4, -0.2) is 19.9 Å². The molecular formula is C42H26N4. The molecule has 0 spiro atoms. The monoisotopic (exact) mass is 586 g/mol. The Morgan fingerprint density at radius 2 is 0.913 bits per heavy atom. The lowest BCUT2D eigenvalue weighted by atomic mass is 9.90. The van der Waals surface area contributed by atoms with E-state index in [4.69, 9.17) is 19.9 Å². The van der Waals surface area contributed by atoms with Gasteiger partial charge < -0.3 is 0 Å². The standard InChI is InChI=1S/C42H26N4/c1-3-12-28(13-4-1)40-44-41(29-14-5-2-6-15-29)46-42(45-40)31-20-24-38(43-26-31)37-25-30-16-8-10-18-33(30)39-35-21-19-27-11-7-9-17-32(27)34(35)22-23-36(37)39/h1-26H. The van der Waals surface area contributed by atoms with Gasteiger partial charge in [-0.2, -0.15) is 0 Å². The van der Waals surface area contributed by atoms with Crippen LogP contribution >= 0.6 is 0 Å². The van der Waals surface area contributed by atoms with Crippen molar-refractivity contribution < 1.29 is 0 Å². The first-order valence-corrected chi connectivity index (χ1v) is 15.4. The third-order valence-electron chi connectivity index (χ3n) is 8.74. The Kier molecular flexibility index (Phi) is 6.10. The van der Waals surface area contributed by atoms with E-state index in [2.05, 4.69) is 91.0 Å². The maximum absolute atomic E-state index is 5.02. The quantitative estimate of drug-likeness (QED) is 0.193. The second-order valence-electron chi connectivity index (χ2n) is 11.5. The summed E-state index contributed by atoms with van der Waals surface area (Å²) in [5.74, 6) is 1.86. The van der Waals surface area contributed by atoms with Gasteiger partial charge in [0.2, 0.25) is 0 Å². The van der Waals surface area contributed by atoms with E-state index in [9.17, 15) is 0 Å². The highest BCUT2D eigenvalue weighted by atomic mass is 15.0. The predicted octanol–water partition coefficient (Wildman–Crippen LogP) is 10.5. The highest BCUT2D eigenvalue weighted by Gasteiger charge is 2.16. The number of fused-ring (bicyclic) bond motifs is 7. The van der Waals surface area contributed by atoms with Crippen molar-refractivity contribution in [3.05, 3.63) is 158 Å². The number of benzene rings is 7. The molecule has 0 unspecified atom stereocenters. The molecule has 9 rings (SSSR count). The fraction of sp³-hybridized carbons (Fsp3) is 0. The number of aromatic nitrogens is 4. The van der Waals surface area contributed by atoms with E-state index in [0.29, 0.717) is 17.5 Å². The molecular weight excluding hydrogens is 560 g/mol. The topological polar surface area (TPSA) is 51.6 Å². The molecule has 0 atom stereocenters. The largest absolute Gasteiger partial charge is 0.255 e. The summed E-state index contributed by atoms with van der Waals surface area (Å²) in [6.45, 7) is 0. The first-order valence-electron chi connectivity index (χ1n) is 15.4. The maximum atomic E-state index is 5.02. The summed E-state index contributed by atoms with van der Waals surface area (Å²) >= 11 is 0. The molecule has 0 radical (unpaired) electrons. The molecule has 0 N–H and O–H groups in total. The highest BCUT2D eigenvalue weighted by Crippen LogP contribution is 2.40. The van der Waals surface area contributed by atoms with Gasteiger partial charge in [0.25, 0.3) is 0 Å². The average Bonchev–Trinajstić information content (AvgIpc) is 3.14. The van der Waals surface area contributed by atoms with Gasteiger partial charge >= 0.3 is 0 Å². The van der Waals surface area contributed by atoms with Crippen LogP contribution in [0.15, 0.2) is 158 Å². The van der Waals surface area contributed by atoms with Gasteiger partial charge in [0.15, 0.2) is 17.5 Å². The minimum atomic E-state index is 0.591. The minimum Gasteiger partial charge on any atom is -0.255 e. The Balaban J connectivity index is 1.21. The van der Waals surface area contributed by atoms with Crippen molar-refractivity contribution in [3.63, 3.8) is 0 Å². The maximum Gasteiger partial charge on any atom is 0.165 e. The third kappa shape index (κ3) is 4.39. The molecule has 0 saturated carbocycles. The van der Waals surface area contributed by atoms with Gasteiger partial charge in [-0.15, -0.1) is 0 Å². The molecule has 0 aliphatic carbocycles. The normalized spacial score (nSPS) is 11.5. The van der Waals surface area contributed by atoms with Gasteiger partial charge in [-0.25, -0.2) is 15.0 Å². The van der Waals surface area contributed by atoms with E-state index in [-0.39, 0.29) is 0 Å². The van der Waals surface area contributed by atoms with E-state index in [1.807, 2.05) is 66.9 Å². The van der Waals surface area contributed by atoms with E-state index < -0.39 is 0 Å². The van der Waals surface area contributed by atoms with Gasteiger partial charge in [-0.1, -0.05) is 133 Å².